The summed E-state index contributed by atoms with van der Waals surface area (Å²) in [6, 6.07) is 17.8. The maximum atomic E-state index is 12.8. The molecule has 0 unspecified atom stereocenters. The Bertz CT molecular complexity index is 946. The molecule has 0 radical (unpaired) electrons. The van der Waals surface area contributed by atoms with E-state index >= 15 is 0 Å². The largest absolute Gasteiger partial charge is 0.486 e. The highest BCUT2D eigenvalue weighted by molar-refractivity contribution is 7.79. The second-order valence-corrected chi connectivity index (χ2v) is 9.05. The fourth-order valence-corrected chi connectivity index (χ4v) is 3.23. The Hall–Kier alpha value is -2.77. The van der Waals surface area contributed by atoms with Gasteiger partial charge in [-0.2, -0.15) is 12.6 Å². The van der Waals surface area contributed by atoms with Crippen LogP contribution in [0, 0.1) is 17.7 Å². The zero-order valence-electron chi connectivity index (χ0n) is 30.5. The quantitative estimate of drug-likeness (QED) is 0.0530. The maximum Gasteiger partial charge on any atom is 0.292 e. The lowest BCUT2D eigenvalue weighted by atomic mass is 10.2. The van der Waals surface area contributed by atoms with Crippen molar-refractivity contribution < 1.29 is 9.53 Å². The molecule has 44 heavy (non-hydrogen) atoms. The van der Waals surface area contributed by atoms with Crippen LogP contribution in [0.4, 0.5) is 5.69 Å². The molecular weight excluding hydrogens is 565 g/mol. The van der Waals surface area contributed by atoms with Gasteiger partial charge in [-0.15, -0.1) is 0 Å². The molecule has 0 bridgehead atoms. The van der Waals surface area contributed by atoms with Crippen molar-refractivity contribution in [2.45, 2.75) is 109 Å². The standard InChI is InChI=1S/C20H30N4O2.C7H8S.5C2H6/c1-4-22-10-11-23-17(13-21)18(26-14-20(3)8-9-20)19(25)24-16-7-5-6-15(2)12-16;8-6-7-4-2-1-3-5-7;5*1-2/h5-7,12-13,21-23H,4,8-11,14H2,1-3H3,(H,24,25);1-5,8H,6H2;5*1-2H3/b18-17-,21-13?;;;;;;. The van der Waals surface area contributed by atoms with Crippen LogP contribution in [0.2, 0.25) is 0 Å². The van der Waals surface area contributed by atoms with Crippen LogP contribution < -0.4 is 16.0 Å². The summed E-state index contributed by atoms with van der Waals surface area (Å²) in [5, 5.41) is 16.9. The highest BCUT2D eigenvalue weighted by atomic mass is 32.1. The Morgan fingerprint density at radius 2 is 1.48 bits per heavy atom. The molecule has 0 aliphatic heterocycles. The van der Waals surface area contributed by atoms with Gasteiger partial charge in [-0.1, -0.05) is 126 Å². The zero-order chi connectivity index (χ0) is 34.8. The second-order valence-electron chi connectivity index (χ2n) is 8.73. The maximum absolute atomic E-state index is 12.8. The normalized spacial score (nSPS) is 11.6. The molecule has 0 heterocycles. The van der Waals surface area contributed by atoms with Crippen LogP contribution in [-0.2, 0) is 15.3 Å². The molecule has 7 heteroatoms. The van der Waals surface area contributed by atoms with Crippen molar-refractivity contribution in [1.29, 1.82) is 5.41 Å². The van der Waals surface area contributed by atoms with Crippen molar-refractivity contribution in [3.63, 3.8) is 0 Å². The fraction of sp³-hybridized carbons (Fsp3) is 0.568. The van der Waals surface area contributed by atoms with Gasteiger partial charge in [0.25, 0.3) is 5.91 Å². The van der Waals surface area contributed by atoms with Crippen molar-refractivity contribution >= 4 is 30.4 Å². The van der Waals surface area contributed by atoms with Crippen LogP contribution in [0.3, 0.4) is 0 Å². The van der Waals surface area contributed by atoms with Crippen molar-refractivity contribution in [3.05, 3.63) is 77.2 Å². The molecule has 2 aromatic rings. The van der Waals surface area contributed by atoms with Crippen LogP contribution in [0.1, 0.15) is 107 Å². The van der Waals surface area contributed by atoms with E-state index < -0.39 is 0 Å². The van der Waals surface area contributed by atoms with E-state index in [0.29, 0.717) is 24.5 Å². The first-order valence-electron chi connectivity index (χ1n) is 16.8. The lowest BCUT2D eigenvalue weighted by Gasteiger charge is -2.18. The molecule has 0 atom stereocenters. The SMILES string of the molecule is CC.CC.CC.CC.CC.CCNCCN/C(C=N)=C(\OCC1(C)CC1)C(=O)Nc1cccc(C)c1.SCc1ccccc1. The number of rotatable bonds is 12. The lowest BCUT2D eigenvalue weighted by Crippen LogP contribution is -2.31. The van der Waals surface area contributed by atoms with Crippen LogP contribution in [0.5, 0.6) is 0 Å². The van der Waals surface area contributed by atoms with E-state index in [9.17, 15) is 4.79 Å². The minimum Gasteiger partial charge on any atom is -0.486 e. The smallest absolute Gasteiger partial charge is 0.292 e. The number of ether oxygens (including phenoxy) is 1. The van der Waals surface area contributed by atoms with E-state index in [1.165, 1.54) is 5.56 Å². The predicted molar refractivity (Wildman–Crippen MR) is 201 cm³/mol. The zero-order valence-corrected chi connectivity index (χ0v) is 31.4. The number of hydrogen-bond donors (Lipinski definition) is 5. The minimum atomic E-state index is -0.339. The van der Waals surface area contributed by atoms with Gasteiger partial charge in [-0.05, 0) is 49.6 Å². The third-order valence-corrected chi connectivity index (χ3v) is 5.80. The minimum absolute atomic E-state index is 0.145. The summed E-state index contributed by atoms with van der Waals surface area (Å²) in [5.41, 5.74) is 3.60. The van der Waals surface area contributed by atoms with Crippen molar-refractivity contribution in [3.8, 4) is 0 Å². The Kier molecular flexibility index (Phi) is 38.0. The number of aryl methyl sites for hydroxylation is 1. The van der Waals surface area contributed by atoms with E-state index in [-0.39, 0.29) is 17.1 Å². The van der Waals surface area contributed by atoms with Gasteiger partial charge in [0.2, 0.25) is 5.76 Å². The summed E-state index contributed by atoms with van der Waals surface area (Å²) >= 11 is 4.11. The second kappa shape index (κ2) is 34.7. The molecule has 1 aliphatic rings. The van der Waals surface area contributed by atoms with Gasteiger partial charge >= 0.3 is 0 Å². The molecule has 1 fully saturated rings. The Labute approximate surface area is 278 Å². The number of thiol groups is 1. The number of allylic oxidation sites excluding steroid dienone is 1. The monoisotopic (exact) mass is 633 g/mol. The van der Waals surface area contributed by atoms with Gasteiger partial charge in [0.1, 0.15) is 5.70 Å². The number of benzene rings is 2. The molecule has 1 aliphatic carbocycles. The highest BCUT2D eigenvalue weighted by Gasteiger charge is 2.39. The fourth-order valence-electron chi connectivity index (χ4n) is 3.02. The molecule has 1 amide bonds. The molecule has 254 valence electrons. The summed E-state index contributed by atoms with van der Waals surface area (Å²) in [4.78, 5) is 12.8. The van der Waals surface area contributed by atoms with Gasteiger partial charge in [0, 0.05) is 36.2 Å². The topological polar surface area (TPSA) is 86.2 Å². The van der Waals surface area contributed by atoms with E-state index in [2.05, 4.69) is 47.6 Å². The van der Waals surface area contributed by atoms with Crippen molar-refractivity contribution in [1.82, 2.24) is 10.6 Å². The van der Waals surface area contributed by atoms with E-state index in [1.54, 1.807) is 0 Å². The summed E-state index contributed by atoms with van der Waals surface area (Å²) < 4.78 is 5.88. The van der Waals surface area contributed by atoms with Gasteiger partial charge < -0.3 is 26.1 Å². The van der Waals surface area contributed by atoms with Gasteiger partial charge in [0.05, 0.1) is 6.61 Å². The van der Waals surface area contributed by atoms with Crippen LogP contribution in [0.15, 0.2) is 66.1 Å². The Morgan fingerprint density at radius 1 is 0.909 bits per heavy atom. The number of anilines is 1. The average molecular weight is 633 g/mol. The first-order valence-corrected chi connectivity index (χ1v) is 17.4. The molecule has 0 aromatic heterocycles. The van der Waals surface area contributed by atoms with Gasteiger partial charge in [-0.3, -0.25) is 4.79 Å². The number of carbonyl (C=O) groups excluding carboxylic acids is 1. The molecule has 1 saturated carbocycles. The molecule has 4 N–H and O–H groups in total. The van der Waals surface area contributed by atoms with Crippen LogP contribution in [0.25, 0.3) is 0 Å². The molecule has 0 saturated heterocycles. The third kappa shape index (κ3) is 24.6. The summed E-state index contributed by atoms with van der Waals surface area (Å²) in [6.07, 6.45) is 3.35. The number of amides is 1. The number of carbonyl (C=O) groups is 1. The number of nitrogens with one attached hydrogen (secondary N) is 4. The first kappa shape index (κ1) is 48.1. The van der Waals surface area contributed by atoms with E-state index in [0.717, 1.165) is 43.5 Å². The van der Waals surface area contributed by atoms with Crippen molar-refractivity contribution in [2.75, 3.05) is 31.6 Å². The first-order chi connectivity index (χ1) is 21.4. The lowest BCUT2D eigenvalue weighted by molar-refractivity contribution is -0.116. The van der Waals surface area contributed by atoms with Crippen LogP contribution in [-0.4, -0.2) is 38.4 Å². The van der Waals surface area contributed by atoms with Crippen molar-refractivity contribution in [2.24, 2.45) is 5.41 Å². The third-order valence-electron chi connectivity index (χ3n) is 5.43. The van der Waals surface area contributed by atoms with E-state index in [4.69, 9.17) is 10.1 Å². The molecule has 3 rings (SSSR count). The number of likely N-dealkylation sites (N-methyl/N-ethyl adjacent to an activating group) is 1. The molecule has 6 nitrogen and oxygen atoms in total. The molecular formula is C37H68N4O2S. The summed E-state index contributed by atoms with van der Waals surface area (Å²) in [6.45, 7) is 28.9. The van der Waals surface area contributed by atoms with Crippen LogP contribution >= 0.6 is 12.6 Å². The van der Waals surface area contributed by atoms with Gasteiger partial charge in [0.15, 0.2) is 0 Å². The summed E-state index contributed by atoms with van der Waals surface area (Å²) in [5.74, 6) is 0.668. The Balaban J connectivity index is -0.000000368. The van der Waals surface area contributed by atoms with E-state index in [1.807, 2.05) is 126 Å². The summed E-state index contributed by atoms with van der Waals surface area (Å²) in [7, 11) is 0. The number of hydrogen-bond acceptors (Lipinski definition) is 6. The molecule has 0 spiro atoms. The van der Waals surface area contributed by atoms with Gasteiger partial charge in [-0.25, -0.2) is 0 Å². The predicted octanol–water partition coefficient (Wildman–Crippen LogP) is 10.1. The molecule has 2 aromatic carbocycles. The highest BCUT2D eigenvalue weighted by Crippen LogP contribution is 2.45. The Morgan fingerprint density at radius 3 is 1.91 bits per heavy atom. The average Bonchev–Trinajstić information content (AvgIpc) is 3.84.